The predicted octanol–water partition coefficient (Wildman–Crippen LogP) is 3.01. The smallest absolute Gasteiger partial charge is 0.269 e. The molecule has 0 aliphatic carbocycles. The summed E-state index contributed by atoms with van der Waals surface area (Å²) in [6.07, 6.45) is 1.41. The standard InChI is InChI=1S/C7H4F4O.C7H14N2O2.C6H5NO3.C6H10O2.CH6N2/c1-2-3(8)5(10)7(12)6(11)4(2)9;1-6(10)3-4-7(11)9-5-8-2;8-6-3-1-5(2-4-6)7(9)10;1-5(7)3-4-6(2)8;2-1-3/h12H,1H3;8H,3-5H2,1-2H3,(H,9,11);1-4,8H;3-4H2,1-2H3;1-3H2. The Bertz CT molecular complexity index is 1100. The first-order valence-electron chi connectivity index (χ1n) is 12.6. The lowest BCUT2D eigenvalue weighted by atomic mass is 10.2. The van der Waals surface area contributed by atoms with Gasteiger partial charge in [-0.05, 0) is 46.9 Å². The molecule has 17 heteroatoms. The molecule has 44 heavy (non-hydrogen) atoms. The summed E-state index contributed by atoms with van der Waals surface area (Å²) in [5, 5.41) is 32.6. The van der Waals surface area contributed by atoms with Gasteiger partial charge in [0.1, 0.15) is 23.1 Å². The molecule has 0 heterocycles. The van der Waals surface area contributed by atoms with Crippen molar-refractivity contribution in [3.05, 3.63) is 63.2 Å². The fourth-order valence-electron chi connectivity index (χ4n) is 2.22. The Morgan fingerprint density at radius 3 is 1.48 bits per heavy atom. The second-order valence-electron chi connectivity index (χ2n) is 8.48. The average Bonchev–Trinajstić information content (AvgIpc) is 2.96. The number of Topliss-reactive ketones (excluding diaryl/α,β-unsaturated/α-hetero) is 3. The molecule has 0 aliphatic rings. The molecule has 2 aromatic rings. The highest BCUT2D eigenvalue weighted by atomic mass is 19.2. The van der Waals surface area contributed by atoms with E-state index < -0.39 is 39.5 Å². The summed E-state index contributed by atoms with van der Waals surface area (Å²) in [5.74, 6) is -8.17. The second kappa shape index (κ2) is 25.1. The minimum atomic E-state index is -1.77. The van der Waals surface area contributed by atoms with Crippen LogP contribution < -0.4 is 22.1 Å². The molecule has 0 aromatic heterocycles. The van der Waals surface area contributed by atoms with Gasteiger partial charge in [-0.2, -0.15) is 8.78 Å². The number of nitrogens with zero attached hydrogens (tertiary/aromatic N) is 1. The van der Waals surface area contributed by atoms with E-state index >= 15 is 0 Å². The summed E-state index contributed by atoms with van der Waals surface area (Å²) in [7, 11) is 1.74. The SMILES string of the molecule is CC(=O)CCC(C)=O.CNCNC(=O)CCC(C)=O.Cc1c(F)c(F)c(O)c(F)c1F.NCN.O=[N+]([O-])c1ccc(O)cc1. The lowest BCUT2D eigenvalue weighted by molar-refractivity contribution is -0.384. The third-order valence-electron chi connectivity index (χ3n) is 4.52. The van der Waals surface area contributed by atoms with Crippen molar-refractivity contribution in [1.82, 2.24) is 10.6 Å². The number of carbonyl (C=O) groups excluding carboxylic acids is 4. The van der Waals surface area contributed by atoms with Crippen molar-refractivity contribution in [3.8, 4) is 11.5 Å². The fraction of sp³-hybridized carbons (Fsp3) is 0.407. The van der Waals surface area contributed by atoms with Crippen LogP contribution in [-0.2, 0) is 19.2 Å². The van der Waals surface area contributed by atoms with Crippen molar-refractivity contribution in [3.63, 3.8) is 0 Å². The number of benzene rings is 2. The quantitative estimate of drug-likeness (QED) is 0.0770. The van der Waals surface area contributed by atoms with Gasteiger partial charge in [-0.3, -0.25) is 14.9 Å². The number of hydrogen-bond donors (Lipinski definition) is 6. The highest BCUT2D eigenvalue weighted by molar-refractivity contribution is 5.83. The normalized spacial score (nSPS) is 9.25. The predicted molar refractivity (Wildman–Crippen MR) is 153 cm³/mol. The number of carbonyl (C=O) groups is 4. The van der Waals surface area contributed by atoms with Crippen LogP contribution in [0.1, 0.15) is 52.0 Å². The third kappa shape index (κ3) is 22.2. The lowest BCUT2D eigenvalue weighted by Crippen LogP contribution is -2.31. The summed E-state index contributed by atoms with van der Waals surface area (Å²) >= 11 is 0. The Kier molecular flexibility index (Phi) is 25.0. The zero-order chi connectivity index (χ0) is 35.0. The Hall–Kier alpha value is -4.48. The minimum absolute atomic E-state index is 0.0159. The topological polar surface area (TPSA) is 228 Å². The van der Waals surface area contributed by atoms with Gasteiger partial charge < -0.3 is 46.7 Å². The summed E-state index contributed by atoms with van der Waals surface area (Å²) in [5.41, 5.74) is 8.45. The molecule has 1 amide bonds. The van der Waals surface area contributed by atoms with E-state index in [9.17, 15) is 46.9 Å². The van der Waals surface area contributed by atoms with Crippen LogP contribution in [0.4, 0.5) is 23.2 Å². The molecule has 0 unspecified atom stereocenters. The van der Waals surface area contributed by atoms with Gasteiger partial charge >= 0.3 is 0 Å². The van der Waals surface area contributed by atoms with Gasteiger partial charge in [-0.15, -0.1) is 0 Å². The van der Waals surface area contributed by atoms with Crippen molar-refractivity contribution in [2.24, 2.45) is 11.5 Å². The zero-order valence-electron chi connectivity index (χ0n) is 25.0. The Morgan fingerprint density at radius 1 is 0.795 bits per heavy atom. The molecular formula is C27H39F4N5O8. The largest absolute Gasteiger partial charge is 0.508 e. The fourth-order valence-corrected chi connectivity index (χ4v) is 2.22. The number of halogens is 4. The molecular weight excluding hydrogens is 598 g/mol. The van der Waals surface area contributed by atoms with E-state index in [2.05, 4.69) is 22.1 Å². The first-order valence-corrected chi connectivity index (χ1v) is 12.6. The molecule has 2 rings (SSSR count). The maximum atomic E-state index is 12.5. The van der Waals surface area contributed by atoms with Crippen molar-refractivity contribution in [1.29, 1.82) is 0 Å². The number of hydrogen-bond acceptors (Lipinski definition) is 11. The van der Waals surface area contributed by atoms with Gasteiger partial charge in [-0.25, -0.2) is 8.78 Å². The molecule has 13 nitrogen and oxygen atoms in total. The number of non-ortho nitro benzene ring substituents is 1. The van der Waals surface area contributed by atoms with Crippen molar-refractivity contribution in [2.75, 3.05) is 20.4 Å². The number of rotatable bonds is 9. The highest BCUT2D eigenvalue weighted by Crippen LogP contribution is 2.27. The molecule has 0 bridgehead atoms. The van der Waals surface area contributed by atoms with Crippen LogP contribution in [-0.4, -0.2) is 58.8 Å². The maximum absolute atomic E-state index is 12.5. The summed E-state index contributed by atoms with van der Waals surface area (Å²) in [6.45, 7) is 6.03. The van der Waals surface area contributed by atoms with E-state index in [1.165, 1.54) is 45.0 Å². The van der Waals surface area contributed by atoms with Crippen molar-refractivity contribution < 1.29 is 51.9 Å². The molecule has 0 aliphatic heterocycles. The van der Waals surface area contributed by atoms with Crippen LogP contribution >= 0.6 is 0 Å². The van der Waals surface area contributed by atoms with E-state index in [1.807, 2.05) is 0 Å². The van der Waals surface area contributed by atoms with Crippen molar-refractivity contribution >= 4 is 28.9 Å². The second-order valence-corrected chi connectivity index (χ2v) is 8.48. The molecule has 248 valence electrons. The van der Waals surface area contributed by atoms with Crippen LogP contribution in [0.3, 0.4) is 0 Å². The van der Waals surface area contributed by atoms with Crippen LogP contribution in [0.2, 0.25) is 0 Å². The first kappa shape index (κ1) is 44.0. The minimum Gasteiger partial charge on any atom is -0.508 e. The highest BCUT2D eigenvalue weighted by Gasteiger charge is 2.22. The van der Waals surface area contributed by atoms with E-state index in [0.717, 1.165) is 6.92 Å². The monoisotopic (exact) mass is 637 g/mol. The average molecular weight is 638 g/mol. The number of nitro benzene ring substituents is 1. The molecule has 0 spiro atoms. The van der Waals surface area contributed by atoms with E-state index in [1.54, 1.807) is 7.05 Å². The third-order valence-corrected chi connectivity index (χ3v) is 4.52. The summed E-state index contributed by atoms with van der Waals surface area (Å²) in [4.78, 5) is 51.1. The number of phenols is 2. The molecule has 0 fully saturated rings. The van der Waals surface area contributed by atoms with E-state index in [4.69, 9.17) is 10.2 Å². The molecule has 0 saturated carbocycles. The van der Waals surface area contributed by atoms with Gasteiger partial charge in [0.05, 0.1) is 11.6 Å². The van der Waals surface area contributed by atoms with Crippen LogP contribution in [0.25, 0.3) is 0 Å². The van der Waals surface area contributed by atoms with E-state index in [-0.39, 0.29) is 47.8 Å². The molecule has 0 atom stereocenters. The van der Waals surface area contributed by atoms with Crippen LogP contribution in [0.5, 0.6) is 11.5 Å². The Morgan fingerprint density at radius 2 is 1.16 bits per heavy atom. The van der Waals surface area contributed by atoms with Gasteiger partial charge in [0.15, 0.2) is 17.4 Å². The van der Waals surface area contributed by atoms with Gasteiger partial charge in [0.2, 0.25) is 17.5 Å². The molecule has 8 N–H and O–H groups in total. The maximum Gasteiger partial charge on any atom is 0.269 e. The van der Waals surface area contributed by atoms with Crippen LogP contribution in [0.15, 0.2) is 24.3 Å². The van der Waals surface area contributed by atoms with Crippen LogP contribution in [0, 0.1) is 40.3 Å². The number of phenolic OH excluding ortho intramolecular Hbond substituents is 2. The van der Waals surface area contributed by atoms with Gasteiger partial charge in [0.25, 0.3) is 5.69 Å². The summed E-state index contributed by atoms with van der Waals surface area (Å²) < 4.78 is 49.8. The number of nitro groups is 1. The molecule has 2 aromatic carbocycles. The number of amides is 1. The summed E-state index contributed by atoms with van der Waals surface area (Å²) in [6, 6.07) is 5.04. The Balaban J connectivity index is -0.000000498. The number of aromatic hydroxyl groups is 2. The van der Waals surface area contributed by atoms with Gasteiger partial charge in [0, 0.05) is 50.0 Å². The van der Waals surface area contributed by atoms with Gasteiger partial charge in [-0.1, -0.05) is 0 Å². The number of ketones is 3. The van der Waals surface area contributed by atoms with Crippen molar-refractivity contribution in [2.45, 2.75) is 53.4 Å². The lowest BCUT2D eigenvalue weighted by Gasteiger charge is -2.03. The van der Waals surface area contributed by atoms with E-state index in [0.29, 0.717) is 25.9 Å². The first-order chi connectivity index (χ1) is 20.4. The molecule has 0 radical (unpaired) electrons. The number of nitrogens with two attached hydrogens (primary N) is 2. The Labute approximate surface area is 251 Å². The molecule has 0 saturated heterocycles. The zero-order valence-corrected chi connectivity index (χ0v) is 25.0. The number of nitrogens with one attached hydrogen (secondary N) is 2.